The second kappa shape index (κ2) is 6.99. The molecule has 0 bridgehead atoms. The van der Waals surface area contributed by atoms with Gasteiger partial charge in [-0.25, -0.2) is 4.98 Å². The minimum Gasteiger partial charge on any atom is -0.481 e. The summed E-state index contributed by atoms with van der Waals surface area (Å²) in [4.78, 5) is 18.6. The van der Waals surface area contributed by atoms with Gasteiger partial charge >= 0.3 is 0 Å². The number of fused-ring (bicyclic) bond motifs is 1. The molecular formula is C18H20N6O2. The number of pyridine rings is 2. The zero-order chi connectivity index (χ0) is 17.9. The minimum atomic E-state index is -0.105. The maximum atomic E-state index is 12.4. The highest BCUT2D eigenvalue weighted by molar-refractivity contribution is 5.94. The number of ether oxygens (including phenoxy) is 1. The predicted molar refractivity (Wildman–Crippen MR) is 96.5 cm³/mol. The Balaban J connectivity index is 1.36. The van der Waals surface area contributed by atoms with Crippen molar-refractivity contribution in [2.75, 3.05) is 25.1 Å². The van der Waals surface area contributed by atoms with Crippen molar-refractivity contribution < 1.29 is 9.53 Å². The highest BCUT2D eigenvalue weighted by atomic mass is 16.5. The van der Waals surface area contributed by atoms with Crippen molar-refractivity contribution in [3.05, 3.63) is 48.3 Å². The predicted octanol–water partition coefficient (Wildman–Crippen LogP) is 1.53. The molecule has 0 aliphatic carbocycles. The van der Waals surface area contributed by atoms with Gasteiger partial charge in [-0.15, -0.1) is 10.2 Å². The van der Waals surface area contributed by atoms with Crippen LogP contribution in [0.15, 0.2) is 42.7 Å². The molecule has 4 rings (SSSR count). The van der Waals surface area contributed by atoms with Crippen LogP contribution < -0.4 is 15.0 Å². The fourth-order valence-electron chi connectivity index (χ4n) is 3.17. The maximum Gasteiger partial charge on any atom is 0.253 e. The molecule has 1 fully saturated rings. The van der Waals surface area contributed by atoms with E-state index in [2.05, 4.69) is 25.4 Å². The summed E-state index contributed by atoms with van der Waals surface area (Å²) in [7, 11) is 1.55. The molecule has 0 atom stereocenters. The van der Waals surface area contributed by atoms with Crippen LogP contribution in [-0.2, 0) is 0 Å². The molecule has 8 heteroatoms. The first kappa shape index (κ1) is 16.3. The number of hydrogen-bond acceptors (Lipinski definition) is 6. The van der Waals surface area contributed by atoms with Crippen LogP contribution in [0.5, 0.6) is 5.88 Å². The van der Waals surface area contributed by atoms with E-state index in [1.54, 1.807) is 19.2 Å². The van der Waals surface area contributed by atoms with Gasteiger partial charge in [-0.3, -0.25) is 9.20 Å². The van der Waals surface area contributed by atoms with Crippen LogP contribution in [0.1, 0.15) is 23.2 Å². The Morgan fingerprint density at radius 2 is 2.04 bits per heavy atom. The number of anilines is 1. The molecule has 0 aromatic carbocycles. The number of carbonyl (C=O) groups is 1. The lowest BCUT2D eigenvalue weighted by molar-refractivity contribution is 0.0930. The number of hydrogen-bond donors (Lipinski definition) is 1. The number of aromatic nitrogens is 4. The summed E-state index contributed by atoms with van der Waals surface area (Å²) in [6.07, 6.45) is 5.22. The lowest BCUT2D eigenvalue weighted by Crippen LogP contribution is -2.45. The first-order valence-corrected chi connectivity index (χ1v) is 8.60. The summed E-state index contributed by atoms with van der Waals surface area (Å²) in [5.41, 5.74) is 1.38. The molecule has 3 aromatic rings. The largest absolute Gasteiger partial charge is 0.481 e. The van der Waals surface area contributed by atoms with Crippen LogP contribution >= 0.6 is 0 Å². The number of amides is 1. The Hall–Kier alpha value is -3.16. The molecule has 0 saturated carbocycles. The van der Waals surface area contributed by atoms with Crippen molar-refractivity contribution in [3.8, 4) is 5.88 Å². The van der Waals surface area contributed by atoms with Gasteiger partial charge in [0, 0.05) is 37.6 Å². The van der Waals surface area contributed by atoms with Crippen LogP contribution in [0, 0.1) is 0 Å². The molecule has 3 aromatic heterocycles. The number of piperidine rings is 1. The van der Waals surface area contributed by atoms with Crippen LogP contribution in [0.2, 0.25) is 0 Å². The van der Waals surface area contributed by atoms with E-state index in [0.717, 1.165) is 37.5 Å². The normalized spacial score (nSPS) is 15.2. The summed E-state index contributed by atoms with van der Waals surface area (Å²) in [5, 5.41) is 11.6. The lowest BCUT2D eigenvalue weighted by atomic mass is 10.0. The van der Waals surface area contributed by atoms with E-state index in [-0.39, 0.29) is 11.9 Å². The van der Waals surface area contributed by atoms with Gasteiger partial charge in [0.25, 0.3) is 5.91 Å². The maximum absolute atomic E-state index is 12.4. The van der Waals surface area contributed by atoms with E-state index in [0.29, 0.717) is 11.4 Å². The molecule has 4 heterocycles. The summed E-state index contributed by atoms with van der Waals surface area (Å²) in [6, 6.07) is 9.40. The molecule has 1 aliphatic rings. The van der Waals surface area contributed by atoms with Crippen molar-refractivity contribution in [2.24, 2.45) is 0 Å². The molecule has 8 nitrogen and oxygen atoms in total. The van der Waals surface area contributed by atoms with Gasteiger partial charge in [-0.05, 0) is 31.0 Å². The van der Waals surface area contributed by atoms with Crippen molar-refractivity contribution in [1.29, 1.82) is 0 Å². The zero-order valence-corrected chi connectivity index (χ0v) is 14.5. The number of methoxy groups -OCH3 is 1. The summed E-state index contributed by atoms with van der Waals surface area (Å²) in [5.74, 6) is 1.24. The van der Waals surface area contributed by atoms with Crippen LogP contribution in [0.4, 0.5) is 5.95 Å². The Morgan fingerprint density at radius 3 is 2.77 bits per heavy atom. The van der Waals surface area contributed by atoms with Gasteiger partial charge in [-0.2, -0.15) is 0 Å². The Labute approximate surface area is 150 Å². The number of carbonyl (C=O) groups excluding carboxylic acids is 1. The third kappa shape index (κ3) is 3.17. The van der Waals surface area contributed by atoms with Gasteiger partial charge in [-0.1, -0.05) is 6.07 Å². The summed E-state index contributed by atoms with van der Waals surface area (Å²) in [6.45, 7) is 1.64. The number of rotatable bonds is 4. The molecular weight excluding hydrogens is 332 g/mol. The Bertz CT molecular complexity index is 899. The fraction of sp³-hybridized carbons (Fsp3) is 0.333. The molecule has 1 aliphatic heterocycles. The van der Waals surface area contributed by atoms with Crippen LogP contribution in [0.3, 0.4) is 0 Å². The first-order valence-electron chi connectivity index (χ1n) is 8.60. The van der Waals surface area contributed by atoms with E-state index < -0.39 is 0 Å². The van der Waals surface area contributed by atoms with Crippen molar-refractivity contribution >= 4 is 17.5 Å². The molecule has 0 unspecified atom stereocenters. The van der Waals surface area contributed by atoms with Gasteiger partial charge in [0.15, 0.2) is 5.65 Å². The molecule has 26 heavy (non-hydrogen) atoms. The molecule has 1 saturated heterocycles. The smallest absolute Gasteiger partial charge is 0.253 e. The van der Waals surface area contributed by atoms with Gasteiger partial charge < -0.3 is 15.0 Å². The summed E-state index contributed by atoms with van der Waals surface area (Å²) >= 11 is 0. The highest BCUT2D eigenvalue weighted by Gasteiger charge is 2.24. The number of nitrogens with one attached hydrogen (secondary N) is 1. The molecule has 0 spiro atoms. The van der Waals surface area contributed by atoms with E-state index in [9.17, 15) is 4.79 Å². The monoisotopic (exact) mass is 352 g/mol. The first-order chi connectivity index (χ1) is 12.7. The second-order valence-corrected chi connectivity index (χ2v) is 6.25. The van der Waals surface area contributed by atoms with Crippen LogP contribution in [0.25, 0.3) is 5.65 Å². The van der Waals surface area contributed by atoms with Crippen molar-refractivity contribution in [2.45, 2.75) is 18.9 Å². The SMILES string of the molecule is COc1ccc(C(=O)NC2CCN(c3nnc4ccccn34)CC2)cn1. The quantitative estimate of drug-likeness (QED) is 0.767. The Kier molecular flexibility index (Phi) is 4.39. The topological polar surface area (TPSA) is 84.6 Å². The molecule has 1 N–H and O–H groups in total. The Morgan fingerprint density at radius 1 is 1.19 bits per heavy atom. The third-order valence-corrected chi connectivity index (χ3v) is 4.62. The molecule has 0 radical (unpaired) electrons. The van der Waals surface area contributed by atoms with E-state index >= 15 is 0 Å². The molecule has 134 valence electrons. The van der Waals surface area contributed by atoms with Crippen molar-refractivity contribution in [1.82, 2.24) is 24.9 Å². The van der Waals surface area contributed by atoms with E-state index in [1.165, 1.54) is 6.20 Å². The molecule has 1 amide bonds. The van der Waals surface area contributed by atoms with Gasteiger partial charge in [0.1, 0.15) is 0 Å². The second-order valence-electron chi connectivity index (χ2n) is 6.25. The summed E-state index contributed by atoms with van der Waals surface area (Å²) < 4.78 is 7.00. The van der Waals surface area contributed by atoms with E-state index in [1.807, 2.05) is 28.8 Å². The van der Waals surface area contributed by atoms with Crippen LogP contribution in [-0.4, -0.2) is 51.7 Å². The highest BCUT2D eigenvalue weighted by Crippen LogP contribution is 2.19. The fourth-order valence-corrected chi connectivity index (χ4v) is 3.17. The average molecular weight is 352 g/mol. The minimum absolute atomic E-state index is 0.105. The number of nitrogens with zero attached hydrogens (tertiary/aromatic N) is 5. The van der Waals surface area contributed by atoms with Gasteiger partial charge in [0.05, 0.1) is 12.7 Å². The van der Waals surface area contributed by atoms with Gasteiger partial charge in [0.2, 0.25) is 11.8 Å². The zero-order valence-electron chi connectivity index (χ0n) is 14.5. The average Bonchev–Trinajstić information content (AvgIpc) is 3.13. The lowest BCUT2D eigenvalue weighted by Gasteiger charge is -2.32. The van der Waals surface area contributed by atoms with Crippen molar-refractivity contribution in [3.63, 3.8) is 0 Å². The third-order valence-electron chi connectivity index (χ3n) is 4.62. The van der Waals surface area contributed by atoms with E-state index in [4.69, 9.17) is 4.74 Å². The standard InChI is InChI=1S/C18H20N6O2/c1-26-16-6-5-13(12-19-16)17(25)20-14-7-10-23(11-8-14)18-22-21-15-4-2-3-9-24(15)18/h2-6,9,12,14H,7-8,10-11H2,1H3,(H,20,25).